The molecule has 3 heteroatoms. The third-order valence-corrected chi connectivity index (χ3v) is 3.82. The zero-order valence-corrected chi connectivity index (χ0v) is 12.8. The van der Waals surface area contributed by atoms with Crippen LogP contribution in [0.3, 0.4) is 0 Å². The second-order valence-corrected chi connectivity index (χ2v) is 6.17. The molecule has 3 nitrogen and oxygen atoms in total. The van der Waals surface area contributed by atoms with Crippen LogP contribution in [-0.4, -0.2) is 20.3 Å². The van der Waals surface area contributed by atoms with Crippen LogP contribution in [0.25, 0.3) is 0 Å². The fourth-order valence-corrected chi connectivity index (χ4v) is 2.74. The molecule has 2 atom stereocenters. The van der Waals surface area contributed by atoms with Gasteiger partial charge in [-0.25, -0.2) is 0 Å². The molecule has 0 radical (unpaired) electrons. The van der Waals surface area contributed by atoms with Crippen LogP contribution in [0.5, 0.6) is 11.5 Å². The number of likely N-dealkylation sites (N-methyl/N-ethyl adjacent to an activating group) is 1. The fourth-order valence-electron chi connectivity index (χ4n) is 2.74. The standard InChI is InChI=1S/C16H25NO2/c1-7-13-14(17-5)11-8-10(18-6)9-12(15(11)19-13)16(2,3)4/h8-9,13-14,17H,7H2,1-6H3. The van der Waals surface area contributed by atoms with Gasteiger partial charge in [0.05, 0.1) is 13.2 Å². The normalized spacial score (nSPS) is 22.0. The van der Waals surface area contributed by atoms with Gasteiger partial charge in [0.1, 0.15) is 17.6 Å². The predicted octanol–water partition coefficient (Wildman–Crippen LogP) is 3.42. The number of ether oxygens (including phenoxy) is 2. The molecule has 1 aliphatic rings. The lowest BCUT2D eigenvalue weighted by atomic mass is 9.84. The molecular weight excluding hydrogens is 238 g/mol. The van der Waals surface area contributed by atoms with Gasteiger partial charge in [0, 0.05) is 11.1 Å². The Kier molecular flexibility index (Phi) is 3.77. The maximum absolute atomic E-state index is 6.20. The van der Waals surface area contributed by atoms with Crippen molar-refractivity contribution in [3.63, 3.8) is 0 Å². The second kappa shape index (κ2) is 5.04. The molecule has 0 bridgehead atoms. The van der Waals surface area contributed by atoms with Crippen LogP contribution in [0.4, 0.5) is 0 Å². The van der Waals surface area contributed by atoms with E-state index in [-0.39, 0.29) is 17.6 Å². The van der Waals surface area contributed by atoms with Gasteiger partial charge in [0.2, 0.25) is 0 Å². The summed E-state index contributed by atoms with van der Waals surface area (Å²) in [6, 6.07) is 4.45. The summed E-state index contributed by atoms with van der Waals surface area (Å²) >= 11 is 0. The number of benzene rings is 1. The monoisotopic (exact) mass is 263 g/mol. The second-order valence-electron chi connectivity index (χ2n) is 6.17. The minimum absolute atomic E-state index is 0.0412. The van der Waals surface area contributed by atoms with Gasteiger partial charge in [-0.15, -0.1) is 0 Å². The molecule has 0 saturated carbocycles. The Labute approximate surface area is 116 Å². The van der Waals surface area contributed by atoms with Gasteiger partial charge in [-0.3, -0.25) is 0 Å². The molecule has 1 heterocycles. The molecule has 2 unspecified atom stereocenters. The lowest BCUT2D eigenvalue weighted by Crippen LogP contribution is -2.27. The van der Waals surface area contributed by atoms with E-state index in [1.165, 1.54) is 11.1 Å². The van der Waals surface area contributed by atoms with Gasteiger partial charge in [-0.2, -0.15) is 0 Å². The molecule has 0 fully saturated rings. The number of fused-ring (bicyclic) bond motifs is 1. The number of nitrogens with one attached hydrogen (secondary N) is 1. The lowest BCUT2D eigenvalue weighted by Gasteiger charge is -2.23. The van der Waals surface area contributed by atoms with E-state index in [1.807, 2.05) is 7.05 Å². The lowest BCUT2D eigenvalue weighted by molar-refractivity contribution is 0.186. The molecule has 0 spiro atoms. The molecule has 0 saturated heterocycles. The maximum atomic E-state index is 6.20. The minimum Gasteiger partial charge on any atom is -0.497 e. The summed E-state index contributed by atoms with van der Waals surface area (Å²) in [6.07, 6.45) is 1.19. The summed E-state index contributed by atoms with van der Waals surface area (Å²) in [6.45, 7) is 8.78. The summed E-state index contributed by atoms with van der Waals surface area (Å²) in [4.78, 5) is 0. The Bertz CT molecular complexity index is 463. The van der Waals surface area contributed by atoms with E-state index in [0.29, 0.717) is 0 Å². The van der Waals surface area contributed by atoms with Crippen molar-refractivity contribution in [3.05, 3.63) is 23.3 Å². The highest BCUT2D eigenvalue weighted by Gasteiger charge is 2.36. The zero-order chi connectivity index (χ0) is 14.2. The molecule has 19 heavy (non-hydrogen) atoms. The number of methoxy groups -OCH3 is 1. The summed E-state index contributed by atoms with van der Waals surface area (Å²) in [5.74, 6) is 1.95. The Morgan fingerprint density at radius 1 is 1.32 bits per heavy atom. The molecule has 106 valence electrons. The molecular formula is C16H25NO2. The molecule has 0 amide bonds. The van der Waals surface area contributed by atoms with Crippen LogP contribution in [0, 0.1) is 0 Å². The van der Waals surface area contributed by atoms with Crippen molar-refractivity contribution in [2.24, 2.45) is 0 Å². The molecule has 1 N–H and O–H groups in total. The van der Waals surface area contributed by atoms with E-state index >= 15 is 0 Å². The average Bonchev–Trinajstić information content (AvgIpc) is 2.73. The van der Waals surface area contributed by atoms with Gasteiger partial charge in [-0.05, 0) is 31.0 Å². The average molecular weight is 263 g/mol. The Balaban J connectivity index is 2.59. The molecule has 0 aliphatic carbocycles. The topological polar surface area (TPSA) is 30.5 Å². The van der Waals surface area contributed by atoms with E-state index in [9.17, 15) is 0 Å². The van der Waals surface area contributed by atoms with Crippen LogP contribution >= 0.6 is 0 Å². The largest absolute Gasteiger partial charge is 0.497 e. The highest BCUT2D eigenvalue weighted by molar-refractivity contribution is 5.54. The van der Waals surface area contributed by atoms with Crippen molar-refractivity contribution in [2.75, 3.05) is 14.2 Å². The van der Waals surface area contributed by atoms with Crippen molar-refractivity contribution in [1.82, 2.24) is 5.32 Å². The minimum atomic E-state index is 0.0412. The highest BCUT2D eigenvalue weighted by Crippen LogP contribution is 2.46. The first-order valence-corrected chi connectivity index (χ1v) is 6.98. The van der Waals surface area contributed by atoms with E-state index in [1.54, 1.807) is 7.11 Å². The van der Waals surface area contributed by atoms with E-state index < -0.39 is 0 Å². The van der Waals surface area contributed by atoms with Gasteiger partial charge in [-0.1, -0.05) is 27.7 Å². The number of hydrogen-bond donors (Lipinski definition) is 1. The molecule has 0 aromatic heterocycles. The van der Waals surface area contributed by atoms with Crippen LogP contribution in [0.2, 0.25) is 0 Å². The Morgan fingerprint density at radius 2 is 2.00 bits per heavy atom. The summed E-state index contributed by atoms with van der Waals surface area (Å²) < 4.78 is 11.7. The van der Waals surface area contributed by atoms with Crippen molar-refractivity contribution in [2.45, 2.75) is 51.7 Å². The number of hydrogen-bond acceptors (Lipinski definition) is 3. The fraction of sp³-hybridized carbons (Fsp3) is 0.625. The van der Waals surface area contributed by atoms with E-state index in [0.717, 1.165) is 17.9 Å². The van der Waals surface area contributed by atoms with E-state index in [2.05, 4.69) is 45.1 Å². The summed E-state index contributed by atoms with van der Waals surface area (Å²) in [7, 11) is 3.71. The van der Waals surface area contributed by atoms with Crippen LogP contribution < -0.4 is 14.8 Å². The molecule has 2 rings (SSSR count). The Hall–Kier alpha value is -1.22. The number of rotatable bonds is 3. The van der Waals surface area contributed by atoms with E-state index in [4.69, 9.17) is 9.47 Å². The van der Waals surface area contributed by atoms with Crippen molar-refractivity contribution in [1.29, 1.82) is 0 Å². The summed E-state index contributed by atoms with van der Waals surface area (Å²) in [5.41, 5.74) is 2.48. The highest BCUT2D eigenvalue weighted by atomic mass is 16.5. The first-order chi connectivity index (χ1) is 8.92. The van der Waals surface area contributed by atoms with Gasteiger partial charge < -0.3 is 14.8 Å². The predicted molar refractivity (Wildman–Crippen MR) is 78.2 cm³/mol. The molecule has 1 aromatic rings. The first-order valence-electron chi connectivity index (χ1n) is 6.98. The van der Waals surface area contributed by atoms with Crippen molar-refractivity contribution in [3.8, 4) is 11.5 Å². The summed E-state index contributed by atoms with van der Waals surface area (Å²) in [5, 5.41) is 3.37. The van der Waals surface area contributed by atoms with Gasteiger partial charge in [0.25, 0.3) is 0 Å². The van der Waals surface area contributed by atoms with Crippen LogP contribution in [0.1, 0.15) is 51.3 Å². The van der Waals surface area contributed by atoms with Crippen molar-refractivity contribution < 1.29 is 9.47 Å². The smallest absolute Gasteiger partial charge is 0.128 e. The SMILES string of the molecule is CCC1Oc2c(cc(OC)cc2C(C)(C)C)C1NC. The molecule has 1 aromatic carbocycles. The third-order valence-electron chi connectivity index (χ3n) is 3.82. The third kappa shape index (κ3) is 2.44. The van der Waals surface area contributed by atoms with Crippen LogP contribution in [0.15, 0.2) is 12.1 Å². The quantitative estimate of drug-likeness (QED) is 0.906. The maximum Gasteiger partial charge on any atom is 0.128 e. The van der Waals surface area contributed by atoms with Crippen molar-refractivity contribution >= 4 is 0 Å². The Morgan fingerprint density at radius 3 is 2.47 bits per heavy atom. The van der Waals surface area contributed by atoms with Gasteiger partial charge >= 0.3 is 0 Å². The van der Waals surface area contributed by atoms with Crippen LogP contribution in [-0.2, 0) is 5.41 Å². The zero-order valence-electron chi connectivity index (χ0n) is 12.8. The molecule has 1 aliphatic heterocycles. The van der Waals surface area contributed by atoms with Gasteiger partial charge in [0.15, 0.2) is 0 Å². The first kappa shape index (κ1) is 14.2.